The Morgan fingerprint density at radius 2 is 2.00 bits per heavy atom. The van der Waals surface area contributed by atoms with Crippen LogP contribution in [0, 0.1) is 0 Å². The quantitative estimate of drug-likeness (QED) is 0.679. The zero-order chi connectivity index (χ0) is 16.1. The Kier molecular flexibility index (Phi) is 5.89. The molecule has 6 heteroatoms. The highest BCUT2D eigenvalue weighted by Gasteiger charge is 2.06. The zero-order valence-electron chi connectivity index (χ0n) is 11.2. The van der Waals surface area contributed by atoms with E-state index in [2.05, 4.69) is 15.9 Å². The van der Waals surface area contributed by atoms with Gasteiger partial charge in [0.2, 0.25) is 0 Å². The van der Waals surface area contributed by atoms with Gasteiger partial charge in [0, 0.05) is 31.7 Å². The number of halogens is 3. The standard InChI is InChI=1S/C16H11BrCl2O3/c17-12-3-5-15(10(7-12)2-6-16(20)21)22-9-11-1-4-13(18)8-14(11)19/h1-8H,9H2,(H,20,21). The summed E-state index contributed by atoms with van der Waals surface area (Å²) >= 11 is 15.3. The zero-order valence-corrected chi connectivity index (χ0v) is 14.3. The summed E-state index contributed by atoms with van der Waals surface area (Å²) in [6, 6.07) is 10.5. The average molecular weight is 402 g/mol. The van der Waals surface area contributed by atoms with Crippen LogP contribution in [0.5, 0.6) is 5.75 Å². The third-order valence-corrected chi connectivity index (χ3v) is 3.86. The molecule has 0 saturated carbocycles. The molecular formula is C16H11BrCl2O3. The van der Waals surface area contributed by atoms with Crippen LogP contribution in [0.2, 0.25) is 10.0 Å². The molecule has 2 rings (SSSR count). The molecule has 114 valence electrons. The molecule has 0 heterocycles. The number of carboxylic acids is 1. The van der Waals surface area contributed by atoms with Crippen molar-refractivity contribution in [2.75, 3.05) is 0 Å². The monoisotopic (exact) mass is 400 g/mol. The summed E-state index contributed by atoms with van der Waals surface area (Å²) in [5, 5.41) is 9.81. The molecule has 0 aliphatic carbocycles. The number of aliphatic carboxylic acids is 1. The first-order valence-corrected chi connectivity index (χ1v) is 7.78. The predicted octanol–water partition coefficient (Wildman–Crippen LogP) is 5.43. The van der Waals surface area contributed by atoms with E-state index < -0.39 is 5.97 Å². The van der Waals surface area contributed by atoms with Crippen molar-refractivity contribution >= 4 is 51.2 Å². The lowest BCUT2D eigenvalue weighted by Crippen LogP contribution is -1.98. The van der Waals surface area contributed by atoms with E-state index in [0.29, 0.717) is 21.4 Å². The van der Waals surface area contributed by atoms with Gasteiger partial charge in [0.15, 0.2) is 0 Å². The predicted molar refractivity (Wildman–Crippen MR) is 91.6 cm³/mol. The summed E-state index contributed by atoms with van der Waals surface area (Å²) in [4.78, 5) is 10.7. The van der Waals surface area contributed by atoms with Crippen molar-refractivity contribution in [3.05, 3.63) is 68.1 Å². The highest BCUT2D eigenvalue weighted by atomic mass is 79.9. The number of ether oxygens (including phenoxy) is 1. The second kappa shape index (κ2) is 7.68. The van der Waals surface area contributed by atoms with Gasteiger partial charge in [0.25, 0.3) is 0 Å². The Hall–Kier alpha value is -1.49. The maximum atomic E-state index is 10.7. The van der Waals surface area contributed by atoms with Crippen LogP contribution in [0.25, 0.3) is 6.08 Å². The van der Waals surface area contributed by atoms with Gasteiger partial charge in [-0.15, -0.1) is 0 Å². The minimum absolute atomic E-state index is 0.256. The fourth-order valence-electron chi connectivity index (χ4n) is 1.74. The van der Waals surface area contributed by atoms with Gasteiger partial charge in [0.05, 0.1) is 0 Å². The van der Waals surface area contributed by atoms with E-state index in [1.807, 2.05) is 6.07 Å². The van der Waals surface area contributed by atoms with Crippen LogP contribution < -0.4 is 4.74 Å². The molecule has 0 atom stereocenters. The Morgan fingerprint density at radius 3 is 2.68 bits per heavy atom. The van der Waals surface area contributed by atoms with Gasteiger partial charge in [-0.05, 0) is 36.4 Å². The maximum Gasteiger partial charge on any atom is 0.328 e. The number of benzene rings is 2. The molecule has 0 aromatic heterocycles. The van der Waals surface area contributed by atoms with Gasteiger partial charge >= 0.3 is 5.97 Å². The first-order valence-electron chi connectivity index (χ1n) is 6.23. The minimum atomic E-state index is -1.02. The van der Waals surface area contributed by atoms with Gasteiger partial charge in [-0.25, -0.2) is 4.79 Å². The molecule has 0 radical (unpaired) electrons. The summed E-state index contributed by atoms with van der Waals surface area (Å²) < 4.78 is 6.57. The molecule has 2 aromatic carbocycles. The largest absolute Gasteiger partial charge is 0.488 e. The number of hydrogen-bond donors (Lipinski definition) is 1. The van der Waals surface area contributed by atoms with E-state index in [9.17, 15) is 4.79 Å². The lowest BCUT2D eigenvalue weighted by Gasteiger charge is -2.11. The highest BCUT2D eigenvalue weighted by molar-refractivity contribution is 9.10. The molecule has 0 aliphatic heterocycles. The molecule has 0 spiro atoms. The van der Waals surface area contributed by atoms with Crippen molar-refractivity contribution in [2.24, 2.45) is 0 Å². The van der Waals surface area contributed by atoms with Crippen LogP contribution in [0.4, 0.5) is 0 Å². The van der Waals surface area contributed by atoms with Gasteiger partial charge in [-0.3, -0.25) is 0 Å². The third kappa shape index (κ3) is 4.77. The third-order valence-electron chi connectivity index (χ3n) is 2.78. The van der Waals surface area contributed by atoms with E-state index in [4.69, 9.17) is 33.0 Å². The van der Waals surface area contributed by atoms with Crippen LogP contribution >= 0.6 is 39.1 Å². The Bertz CT molecular complexity index is 729. The molecule has 22 heavy (non-hydrogen) atoms. The second-order valence-electron chi connectivity index (χ2n) is 4.38. The van der Waals surface area contributed by atoms with Crippen LogP contribution in [0.15, 0.2) is 46.9 Å². The summed E-state index contributed by atoms with van der Waals surface area (Å²) in [6.07, 6.45) is 2.54. The maximum absolute atomic E-state index is 10.7. The number of carboxylic acid groups (broad SMARTS) is 1. The average Bonchev–Trinajstić information content (AvgIpc) is 2.45. The molecular weight excluding hydrogens is 391 g/mol. The fourth-order valence-corrected chi connectivity index (χ4v) is 2.58. The fraction of sp³-hybridized carbons (Fsp3) is 0.0625. The summed E-state index contributed by atoms with van der Waals surface area (Å²) in [7, 11) is 0. The van der Waals surface area contributed by atoms with Gasteiger partial charge in [-0.2, -0.15) is 0 Å². The first-order chi connectivity index (χ1) is 10.5. The summed E-state index contributed by atoms with van der Waals surface area (Å²) in [5.74, 6) is -0.460. The molecule has 0 fully saturated rings. The Morgan fingerprint density at radius 1 is 1.23 bits per heavy atom. The van der Waals surface area contributed by atoms with Crippen molar-refractivity contribution in [1.29, 1.82) is 0 Å². The van der Waals surface area contributed by atoms with Crippen molar-refractivity contribution in [1.82, 2.24) is 0 Å². The Balaban J connectivity index is 2.20. The van der Waals surface area contributed by atoms with Crippen LogP contribution in [0.3, 0.4) is 0 Å². The first kappa shape index (κ1) is 16.9. The topological polar surface area (TPSA) is 46.5 Å². The molecule has 0 saturated heterocycles. The molecule has 0 amide bonds. The number of rotatable bonds is 5. The van der Waals surface area contributed by atoms with E-state index in [1.165, 1.54) is 6.08 Å². The number of hydrogen-bond acceptors (Lipinski definition) is 2. The van der Waals surface area contributed by atoms with Gasteiger partial charge in [0.1, 0.15) is 12.4 Å². The molecule has 0 aliphatic rings. The minimum Gasteiger partial charge on any atom is -0.488 e. The lowest BCUT2D eigenvalue weighted by molar-refractivity contribution is -0.131. The van der Waals surface area contributed by atoms with E-state index >= 15 is 0 Å². The molecule has 3 nitrogen and oxygen atoms in total. The van der Waals surface area contributed by atoms with Crippen LogP contribution in [0.1, 0.15) is 11.1 Å². The van der Waals surface area contributed by atoms with Crippen molar-refractivity contribution in [3.8, 4) is 5.75 Å². The molecule has 2 aromatic rings. The number of carbonyl (C=O) groups is 1. The second-order valence-corrected chi connectivity index (χ2v) is 6.14. The lowest BCUT2D eigenvalue weighted by atomic mass is 10.2. The van der Waals surface area contributed by atoms with Crippen LogP contribution in [-0.4, -0.2) is 11.1 Å². The van der Waals surface area contributed by atoms with Crippen molar-refractivity contribution in [3.63, 3.8) is 0 Å². The van der Waals surface area contributed by atoms with E-state index in [1.54, 1.807) is 30.3 Å². The highest BCUT2D eigenvalue weighted by Crippen LogP contribution is 2.27. The van der Waals surface area contributed by atoms with E-state index in [-0.39, 0.29) is 6.61 Å². The van der Waals surface area contributed by atoms with E-state index in [0.717, 1.165) is 16.1 Å². The SMILES string of the molecule is O=C(O)C=Cc1cc(Br)ccc1OCc1ccc(Cl)cc1Cl. The normalized spacial score (nSPS) is 10.9. The Labute approximate surface area is 146 Å². The van der Waals surface area contributed by atoms with Crippen LogP contribution in [-0.2, 0) is 11.4 Å². The smallest absolute Gasteiger partial charge is 0.328 e. The van der Waals surface area contributed by atoms with Crippen molar-refractivity contribution < 1.29 is 14.6 Å². The van der Waals surface area contributed by atoms with Gasteiger partial charge in [-0.1, -0.05) is 45.2 Å². The summed E-state index contributed by atoms with van der Waals surface area (Å²) in [6.45, 7) is 0.256. The molecule has 1 N–H and O–H groups in total. The van der Waals surface area contributed by atoms with Gasteiger partial charge < -0.3 is 9.84 Å². The summed E-state index contributed by atoms with van der Waals surface area (Å²) in [5.41, 5.74) is 1.45. The molecule has 0 unspecified atom stereocenters. The molecule has 0 bridgehead atoms. The van der Waals surface area contributed by atoms with Crippen molar-refractivity contribution in [2.45, 2.75) is 6.61 Å².